The molecule has 0 unspecified atom stereocenters. The van der Waals surface area contributed by atoms with Crippen LogP contribution in [0.4, 0.5) is 0 Å². The Labute approximate surface area is 101 Å². The molecule has 0 aliphatic heterocycles. The zero-order valence-electron chi connectivity index (χ0n) is 11.0. The van der Waals surface area contributed by atoms with Gasteiger partial charge in [0.25, 0.3) is 0 Å². The third-order valence-corrected chi connectivity index (χ3v) is 3.01. The molecule has 0 amide bonds. The summed E-state index contributed by atoms with van der Waals surface area (Å²) in [5.41, 5.74) is 3.13. The predicted octanol–water partition coefficient (Wildman–Crippen LogP) is 5.15. The van der Waals surface area contributed by atoms with E-state index in [1.54, 1.807) is 11.1 Å². The van der Waals surface area contributed by atoms with Crippen LogP contribution in [0, 0.1) is 0 Å². The molecule has 90 valence electrons. The molecule has 0 aromatic heterocycles. The summed E-state index contributed by atoms with van der Waals surface area (Å²) < 4.78 is 0. The highest BCUT2D eigenvalue weighted by Gasteiger charge is 2.07. The van der Waals surface area contributed by atoms with Crippen LogP contribution < -0.4 is 0 Å². The Kier molecular flexibility index (Phi) is 6.96. The minimum Gasteiger partial charge on any atom is -0.0656 e. The van der Waals surface area contributed by atoms with Crippen molar-refractivity contribution in [1.82, 2.24) is 0 Å². The lowest BCUT2D eigenvalue weighted by Crippen LogP contribution is -1.85. The summed E-state index contributed by atoms with van der Waals surface area (Å²) in [4.78, 5) is 0. The average Bonchev–Trinajstić information content (AvgIpc) is 2.63. The molecule has 1 saturated carbocycles. The summed E-state index contributed by atoms with van der Waals surface area (Å²) in [6.45, 7) is 4.25. The molecule has 0 heteroatoms. The van der Waals surface area contributed by atoms with Crippen LogP contribution in [0.2, 0.25) is 0 Å². The van der Waals surface area contributed by atoms with E-state index in [1.165, 1.54) is 51.4 Å². The molecule has 0 heterocycles. The molecule has 1 aromatic carbocycles. The maximum Gasteiger partial charge on any atom is -0.0273 e. The van der Waals surface area contributed by atoms with Gasteiger partial charge >= 0.3 is 0 Å². The first-order valence-electron chi connectivity index (χ1n) is 6.95. The van der Waals surface area contributed by atoms with Gasteiger partial charge in [0, 0.05) is 0 Å². The molecule has 16 heavy (non-hydrogen) atoms. The lowest BCUT2D eigenvalue weighted by molar-refractivity contribution is 0.504. The van der Waals surface area contributed by atoms with Crippen LogP contribution in [0.15, 0.2) is 24.3 Å². The van der Waals surface area contributed by atoms with Crippen molar-refractivity contribution in [2.45, 2.75) is 65.2 Å². The Morgan fingerprint density at radius 2 is 1.12 bits per heavy atom. The highest BCUT2D eigenvalue weighted by molar-refractivity contribution is 5.30. The maximum absolute atomic E-state index is 2.24. The van der Waals surface area contributed by atoms with Crippen molar-refractivity contribution in [2.75, 3.05) is 0 Å². The molecule has 0 atom stereocenters. The van der Waals surface area contributed by atoms with E-state index in [-0.39, 0.29) is 0 Å². The van der Waals surface area contributed by atoms with E-state index in [2.05, 4.69) is 38.1 Å². The van der Waals surface area contributed by atoms with Crippen molar-refractivity contribution in [2.24, 2.45) is 0 Å². The van der Waals surface area contributed by atoms with Crippen LogP contribution >= 0.6 is 0 Å². The van der Waals surface area contributed by atoms with Gasteiger partial charge in [-0.2, -0.15) is 0 Å². The van der Waals surface area contributed by atoms with E-state index in [9.17, 15) is 0 Å². The van der Waals surface area contributed by atoms with Gasteiger partial charge in [-0.15, -0.1) is 0 Å². The topological polar surface area (TPSA) is 0 Å². The van der Waals surface area contributed by atoms with Crippen LogP contribution in [0.1, 0.15) is 63.5 Å². The Morgan fingerprint density at radius 3 is 1.44 bits per heavy atom. The van der Waals surface area contributed by atoms with Crippen LogP contribution in [0.3, 0.4) is 0 Å². The summed E-state index contributed by atoms with van der Waals surface area (Å²) in [7, 11) is 0. The van der Waals surface area contributed by atoms with Gasteiger partial charge in [-0.05, 0) is 30.4 Å². The van der Waals surface area contributed by atoms with Gasteiger partial charge in [0.05, 0.1) is 0 Å². The summed E-state index contributed by atoms with van der Waals surface area (Å²) in [5.74, 6) is 0. The van der Waals surface area contributed by atoms with Gasteiger partial charge in [-0.1, -0.05) is 70.2 Å². The minimum atomic E-state index is 1.25. The monoisotopic (exact) mass is 218 g/mol. The van der Waals surface area contributed by atoms with Gasteiger partial charge < -0.3 is 0 Å². The number of aryl methyl sites for hydroxylation is 2. The van der Waals surface area contributed by atoms with Crippen molar-refractivity contribution in [1.29, 1.82) is 0 Å². The molecule has 0 spiro atoms. The Balaban J connectivity index is 0.000000153. The number of hydrogen-bond donors (Lipinski definition) is 0. The lowest BCUT2D eigenvalue weighted by atomic mass is 10.0. The molecule has 1 fully saturated rings. The first-order chi connectivity index (χ1) is 7.88. The highest BCUT2D eigenvalue weighted by atomic mass is 14.1. The third kappa shape index (κ3) is 4.83. The average molecular weight is 218 g/mol. The highest BCUT2D eigenvalue weighted by Crippen LogP contribution is 2.20. The molecule has 0 N–H and O–H groups in total. The number of hydrogen-bond acceptors (Lipinski definition) is 0. The molecule has 2 aliphatic carbocycles. The molecular formula is C16H26. The van der Waals surface area contributed by atoms with E-state index in [4.69, 9.17) is 0 Å². The summed E-state index contributed by atoms with van der Waals surface area (Å²) in [5, 5.41) is 0. The van der Waals surface area contributed by atoms with E-state index >= 15 is 0 Å². The largest absolute Gasteiger partial charge is 0.0656 e. The predicted molar refractivity (Wildman–Crippen MR) is 72.9 cm³/mol. The van der Waals surface area contributed by atoms with E-state index in [0.29, 0.717) is 0 Å². The van der Waals surface area contributed by atoms with Crippen molar-refractivity contribution in [3.05, 3.63) is 35.4 Å². The molecule has 3 rings (SSSR count). The molecular weight excluding hydrogens is 192 g/mol. The van der Waals surface area contributed by atoms with Crippen LogP contribution in [0.25, 0.3) is 0 Å². The van der Waals surface area contributed by atoms with Crippen molar-refractivity contribution in [3.8, 4) is 0 Å². The molecule has 0 saturated heterocycles. The number of benzene rings is 1. The normalized spacial score (nSPS) is 15.9. The maximum atomic E-state index is 2.24. The zero-order chi connectivity index (χ0) is 11.6. The fourth-order valence-corrected chi connectivity index (χ4v) is 1.76. The number of rotatable bonds is 0. The second kappa shape index (κ2) is 8.38. The Hall–Kier alpha value is -0.780. The molecule has 0 bridgehead atoms. The Bertz CT molecular complexity index is 244. The van der Waals surface area contributed by atoms with Gasteiger partial charge in [0.2, 0.25) is 0 Å². The first-order valence-corrected chi connectivity index (χ1v) is 6.95. The minimum absolute atomic E-state index is 1.25. The fourth-order valence-electron chi connectivity index (χ4n) is 1.76. The SMILES string of the molecule is C1CCC1.CCC.c1ccc2c(c1)CCC2. The second-order valence-corrected chi connectivity index (χ2v) is 4.74. The molecule has 2 aliphatic rings. The van der Waals surface area contributed by atoms with Crippen molar-refractivity contribution in [3.63, 3.8) is 0 Å². The van der Waals surface area contributed by atoms with E-state index in [0.717, 1.165) is 0 Å². The molecule has 0 nitrogen and oxygen atoms in total. The van der Waals surface area contributed by atoms with Crippen LogP contribution in [-0.4, -0.2) is 0 Å². The van der Waals surface area contributed by atoms with Gasteiger partial charge in [0.15, 0.2) is 0 Å². The lowest BCUT2D eigenvalue weighted by Gasteiger charge is -2.05. The van der Waals surface area contributed by atoms with Crippen LogP contribution in [0.5, 0.6) is 0 Å². The van der Waals surface area contributed by atoms with Gasteiger partial charge in [0.1, 0.15) is 0 Å². The Morgan fingerprint density at radius 1 is 0.750 bits per heavy atom. The standard InChI is InChI=1S/C9H10.C4H8.C3H8/c1-2-5-9-7-3-6-8(9)4-1;1-2-4-3-1;1-3-2/h1-2,4-5H,3,6-7H2;1-4H2;3H2,1-2H3. The van der Waals surface area contributed by atoms with E-state index in [1.807, 2.05) is 0 Å². The molecule has 0 radical (unpaired) electrons. The zero-order valence-corrected chi connectivity index (χ0v) is 11.0. The van der Waals surface area contributed by atoms with Crippen molar-refractivity contribution >= 4 is 0 Å². The summed E-state index contributed by atoms with van der Waals surface area (Å²) >= 11 is 0. The third-order valence-electron chi connectivity index (χ3n) is 3.01. The molecule has 1 aromatic rings. The van der Waals surface area contributed by atoms with Gasteiger partial charge in [-0.3, -0.25) is 0 Å². The quantitative estimate of drug-likeness (QED) is 0.565. The first kappa shape index (κ1) is 13.3. The number of fused-ring (bicyclic) bond motifs is 1. The van der Waals surface area contributed by atoms with Crippen LogP contribution in [-0.2, 0) is 12.8 Å². The summed E-state index contributed by atoms with van der Waals surface area (Å²) in [6.07, 6.45) is 11.2. The fraction of sp³-hybridized carbons (Fsp3) is 0.625. The summed E-state index contributed by atoms with van der Waals surface area (Å²) in [6, 6.07) is 8.74. The van der Waals surface area contributed by atoms with Gasteiger partial charge in [-0.25, -0.2) is 0 Å². The van der Waals surface area contributed by atoms with E-state index < -0.39 is 0 Å². The second-order valence-electron chi connectivity index (χ2n) is 4.74. The smallest absolute Gasteiger partial charge is 0.0273 e. The van der Waals surface area contributed by atoms with Crippen molar-refractivity contribution < 1.29 is 0 Å².